The molecule has 1 nitrogen and oxygen atoms in total. The van der Waals surface area contributed by atoms with Gasteiger partial charge in [-0.15, -0.1) is 11.3 Å². The van der Waals surface area contributed by atoms with Crippen molar-refractivity contribution in [1.82, 2.24) is 5.32 Å². The molecule has 1 atom stereocenters. The van der Waals surface area contributed by atoms with Gasteiger partial charge < -0.3 is 5.32 Å². The molecule has 4 heteroatoms. The molecule has 1 aromatic heterocycles. The summed E-state index contributed by atoms with van der Waals surface area (Å²) in [5.74, 6) is 0. The molecule has 1 heterocycles. The molecule has 0 bridgehead atoms. The molecule has 0 fully saturated rings. The summed E-state index contributed by atoms with van der Waals surface area (Å²) in [6, 6.07) is 8.96. The fraction of sp³-hybridized carbons (Fsp3) is 0.333. The van der Waals surface area contributed by atoms with Crippen LogP contribution in [0.5, 0.6) is 0 Å². The fourth-order valence-corrected chi connectivity index (χ4v) is 4.39. The van der Waals surface area contributed by atoms with E-state index in [1.54, 1.807) is 11.3 Å². The largest absolute Gasteiger partial charge is 0.306 e. The molecular weight excluding hydrogens is 386 g/mol. The normalized spacial score (nSPS) is 12.7. The van der Waals surface area contributed by atoms with Crippen LogP contribution in [-0.4, -0.2) is 6.54 Å². The highest BCUT2D eigenvalue weighted by molar-refractivity contribution is 9.11. The van der Waals surface area contributed by atoms with Crippen molar-refractivity contribution in [2.24, 2.45) is 0 Å². The number of halogens is 2. The second-order valence-electron chi connectivity index (χ2n) is 4.55. The van der Waals surface area contributed by atoms with Gasteiger partial charge in [-0.2, -0.15) is 0 Å². The number of hydrogen-bond donors (Lipinski definition) is 1. The predicted octanol–water partition coefficient (Wildman–Crippen LogP) is 5.59. The van der Waals surface area contributed by atoms with E-state index in [4.69, 9.17) is 0 Å². The minimum Gasteiger partial charge on any atom is -0.306 e. The first-order chi connectivity index (χ1) is 9.02. The van der Waals surface area contributed by atoms with Crippen molar-refractivity contribution in [2.45, 2.75) is 26.8 Å². The number of thiophene rings is 1. The van der Waals surface area contributed by atoms with Crippen LogP contribution in [0.25, 0.3) is 0 Å². The molecule has 0 amide bonds. The second kappa shape index (κ2) is 6.53. The summed E-state index contributed by atoms with van der Waals surface area (Å²) < 4.78 is 2.32. The average Bonchev–Trinajstić information content (AvgIpc) is 2.69. The molecule has 0 aliphatic carbocycles. The van der Waals surface area contributed by atoms with Gasteiger partial charge in [0.25, 0.3) is 0 Å². The molecule has 0 aliphatic heterocycles. The molecule has 1 aromatic carbocycles. The van der Waals surface area contributed by atoms with Crippen LogP contribution in [0.2, 0.25) is 0 Å². The SMILES string of the molecule is CCNC(c1cc(Br)ccc1C)c1cc(Br)sc1C. The Morgan fingerprint density at radius 1 is 1.16 bits per heavy atom. The lowest BCUT2D eigenvalue weighted by atomic mass is 9.95. The maximum Gasteiger partial charge on any atom is 0.0704 e. The van der Waals surface area contributed by atoms with Crippen molar-refractivity contribution in [2.75, 3.05) is 6.54 Å². The molecule has 2 rings (SSSR count). The zero-order valence-electron chi connectivity index (χ0n) is 11.3. The van der Waals surface area contributed by atoms with E-state index >= 15 is 0 Å². The molecule has 0 radical (unpaired) electrons. The Morgan fingerprint density at radius 3 is 2.47 bits per heavy atom. The minimum atomic E-state index is 0.255. The topological polar surface area (TPSA) is 12.0 Å². The van der Waals surface area contributed by atoms with Gasteiger partial charge in [-0.25, -0.2) is 0 Å². The van der Waals surface area contributed by atoms with Crippen molar-refractivity contribution in [1.29, 1.82) is 0 Å². The van der Waals surface area contributed by atoms with Gasteiger partial charge in [0, 0.05) is 9.35 Å². The van der Waals surface area contributed by atoms with Crippen molar-refractivity contribution in [3.8, 4) is 0 Å². The summed E-state index contributed by atoms with van der Waals surface area (Å²) in [7, 11) is 0. The number of hydrogen-bond acceptors (Lipinski definition) is 2. The highest BCUT2D eigenvalue weighted by Gasteiger charge is 2.19. The van der Waals surface area contributed by atoms with Crippen LogP contribution >= 0.6 is 43.2 Å². The third-order valence-electron chi connectivity index (χ3n) is 3.20. The van der Waals surface area contributed by atoms with Crippen LogP contribution in [0.4, 0.5) is 0 Å². The fourth-order valence-electron chi connectivity index (χ4n) is 2.26. The van der Waals surface area contributed by atoms with Gasteiger partial charge in [0.15, 0.2) is 0 Å². The van der Waals surface area contributed by atoms with Crippen LogP contribution in [0.3, 0.4) is 0 Å². The molecule has 1 N–H and O–H groups in total. The summed E-state index contributed by atoms with van der Waals surface area (Å²) in [6.07, 6.45) is 0. The lowest BCUT2D eigenvalue weighted by Crippen LogP contribution is -2.23. The Kier molecular flexibility index (Phi) is 5.23. The van der Waals surface area contributed by atoms with Crippen LogP contribution in [0.1, 0.15) is 34.5 Å². The zero-order valence-corrected chi connectivity index (χ0v) is 15.2. The summed E-state index contributed by atoms with van der Waals surface area (Å²) in [6.45, 7) is 7.45. The molecule has 0 aliphatic rings. The third-order valence-corrected chi connectivity index (χ3v) is 5.26. The summed E-state index contributed by atoms with van der Waals surface area (Å²) in [4.78, 5) is 1.36. The molecule has 2 aromatic rings. The van der Waals surface area contributed by atoms with Crippen LogP contribution < -0.4 is 5.32 Å². The first-order valence-electron chi connectivity index (χ1n) is 6.28. The van der Waals surface area contributed by atoms with E-state index in [0.717, 1.165) is 11.0 Å². The Hall–Kier alpha value is -0.160. The second-order valence-corrected chi connectivity index (χ2v) is 8.10. The first kappa shape index (κ1) is 15.2. The molecular formula is C15H17Br2NS. The Balaban J connectivity index is 2.51. The lowest BCUT2D eigenvalue weighted by molar-refractivity contribution is 0.626. The molecule has 19 heavy (non-hydrogen) atoms. The van der Waals surface area contributed by atoms with Gasteiger partial charge in [0.1, 0.15) is 0 Å². The van der Waals surface area contributed by atoms with Gasteiger partial charge in [-0.1, -0.05) is 28.9 Å². The maximum atomic E-state index is 3.60. The van der Waals surface area contributed by atoms with Crippen LogP contribution in [0.15, 0.2) is 32.5 Å². The molecule has 102 valence electrons. The highest BCUT2D eigenvalue weighted by atomic mass is 79.9. The van der Waals surface area contributed by atoms with E-state index in [2.05, 4.69) is 82.2 Å². The van der Waals surface area contributed by atoms with Crippen LogP contribution in [-0.2, 0) is 0 Å². The molecule has 0 spiro atoms. The van der Waals surface area contributed by atoms with E-state index in [1.165, 1.54) is 25.4 Å². The summed E-state index contributed by atoms with van der Waals surface area (Å²) >= 11 is 8.96. The zero-order chi connectivity index (χ0) is 14.0. The lowest BCUT2D eigenvalue weighted by Gasteiger charge is -2.21. The van der Waals surface area contributed by atoms with Gasteiger partial charge in [-0.3, -0.25) is 0 Å². The molecule has 1 unspecified atom stereocenters. The monoisotopic (exact) mass is 401 g/mol. The predicted molar refractivity (Wildman–Crippen MR) is 91.2 cm³/mol. The van der Waals surface area contributed by atoms with Crippen molar-refractivity contribution in [3.05, 3.63) is 54.1 Å². The maximum absolute atomic E-state index is 3.60. The Morgan fingerprint density at radius 2 is 1.89 bits per heavy atom. The van der Waals surface area contributed by atoms with Crippen LogP contribution in [0, 0.1) is 13.8 Å². The van der Waals surface area contributed by atoms with Crippen molar-refractivity contribution >= 4 is 43.2 Å². The van der Waals surface area contributed by atoms with Crippen molar-refractivity contribution in [3.63, 3.8) is 0 Å². The number of nitrogens with one attached hydrogen (secondary N) is 1. The van der Waals surface area contributed by atoms with Gasteiger partial charge >= 0.3 is 0 Å². The van der Waals surface area contributed by atoms with Gasteiger partial charge in [-0.05, 0) is 71.2 Å². The van der Waals surface area contributed by atoms with E-state index < -0.39 is 0 Å². The van der Waals surface area contributed by atoms with E-state index in [9.17, 15) is 0 Å². The number of benzene rings is 1. The number of aryl methyl sites for hydroxylation is 2. The average molecular weight is 403 g/mol. The minimum absolute atomic E-state index is 0.255. The quantitative estimate of drug-likeness (QED) is 0.702. The number of rotatable bonds is 4. The summed E-state index contributed by atoms with van der Waals surface area (Å²) in [5.41, 5.74) is 4.01. The Bertz CT molecular complexity index is 578. The molecule has 0 saturated heterocycles. The van der Waals surface area contributed by atoms with E-state index in [0.29, 0.717) is 0 Å². The standard InChI is InChI=1S/C15H17Br2NS/c1-4-18-15(13-8-14(17)19-10(13)3)12-7-11(16)6-5-9(12)2/h5-8,15,18H,4H2,1-3H3. The smallest absolute Gasteiger partial charge is 0.0704 e. The van der Waals surface area contributed by atoms with Gasteiger partial charge in [0.2, 0.25) is 0 Å². The van der Waals surface area contributed by atoms with Crippen molar-refractivity contribution < 1.29 is 0 Å². The first-order valence-corrected chi connectivity index (χ1v) is 8.68. The third kappa shape index (κ3) is 3.48. The summed E-state index contributed by atoms with van der Waals surface area (Å²) in [5, 5.41) is 3.60. The molecule has 0 saturated carbocycles. The Labute approximate surface area is 135 Å². The highest BCUT2D eigenvalue weighted by Crippen LogP contribution is 2.35. The van der Waals surface area contributed by atoms with E-state index in [1.807, 2.05) is 0 Å². The van der Waals surface area contributed by atoms with E-state index in [-0.39, 0.29) is 6.04 Å². The van der Waals surface area contributed by atoms with Gasteiger partial charge in [0.05, 0.1) is 9.83 Å².